The zero-order valence-corrected chi connectivity index (χ0v) is 11.5. The number of aromatic nitrogens is 2. The molecule has 0 amide bonds. The summed E-state index contributed by atoms with van der Waals surface area (Å²) in [6.07, 6.45) is 3.91. The minimum Gasteiger partial charge on any atom is -0.392 e. The lowest BCUT2D eigenvalue weighted by atomic mass is 9.80. The Morgan fingerprint density at radius 3 is 2.75 bits per heavy atom. The zero-order chi connectivity index (χ0) is 14.5. The van der Waals surface area contributed by atoms with E-state index in [4.69, 9.17) is 0 Å². The molecule has 0 unspecified atom stereocenters. The van der Waals surface area contributed by atoms with Gasteiger partial charge in [-0.2, -0.15) is 0 Å². The van der Waals surface area contributed by atoms with E-state index in [2.05, 4.69) is 4.98 Å². The molecule has 0 aliphatic heterocycles. The molecule has 6 nitrogen and oxygen atoms in total. The Hall–Kier alpha value is -1.40. The van der Waals surface area contributed by atoms with Crippen LogP contribution in [-0.4, -0.2) is 32.0 Å². The summed E-state index contributed by atoms with van der Waals surface area (Å²) in [6.45, 7) is 1.65. The lowest BCUT2D eigenvalue weighted by Gasteiger charge is -2.31. The van der Waals surface area contributed by atoms with Gasteiger partial charge in [0, 0.05) is 23.2 Å². The monoisotopic (exact) mass is 280 g/mol. The fraction of sp³-hybridized carbons (Fsp3) is 0.714. The molecule has 2 aliphatic rings. The van der Waals surface area contributed by atoms with E-state index in [-0.39, 0.29) is 11.6 Å². The number of hydrogen-bond donors (Lipinski definition) is 3. The van der Waals surface area contributed by atoms with Gasteiger partial charge in [-0.3, -0.25) is 14.3 Å². The van der Waals surface area contributed by atoms with Crippen LogP contribution in [0.3, 0.4) is 0 Å². The third kappa shape index (κ3) is 1.86. The summed E-state index contributed by atoms with van der Waals surface area (Å²) in [5.41, 5.74) is -0.816. The van der Waals surface area contributed by atoms with Crippen LogP contribution in [0.5, 0.6) is 0 Å². The van der Waals surface area contributed by atoms with Gasteiger partial charge in [0.25, 0.3) is 5.56 Å². The topological polar surface area (TPSA) is 95.3 Å². The molecule has 1 aromatic heterocycles. The maximum atomic E-state index is 11.9. The molecule has 6 heteroatoms. The highest BCUT2D eigenvalue weighted by Gasteiger charge is 2.53. The van der Waals surface area contributed by atoms with Crippen LogP contribution in [0.2, 0.25) is 0 Å². The summed E-state index contributed by atoms with van der Waals surface area (Å²) >= 11 is 0. The quantitative estimate of drug-likeness (QED) is 0.678. The number of aliphatic hydroxyl groups excluding tert-OH is 2. The Bertz CT molecular complexity index is 635. The van der Waals surface area contributed by atoms with Gasteiger partial charge in [0.05, 0.1) is 12.2 Å². The molecule has 1 aromatic rings. The Kier molecular flexibility index (Phi) is 3.10. The molecule has 1 spiro atoms. The molecule has 1 heterocycles. The van der Waals surface area contributed by atoms with E-state index < -0.39 is 23.3 Å². The van der Waals surface area contributed by atoms with Crippen molar-refractivity contribution >= 4 is 0 Å². The molecule has 3 rings (SSSR count). The van der Waals surface area contributed by atoms with Crippen molar-refractivity contribution < 1.29 is 10.2 Å². The van der Waals surface area contributed by atoms with E-state index in [9.17, 15) is 19.8 Å². The fourth-order valence-electron chi connectivity index (χ4n) is 3.93. The fourth-order valence-corrected chi connectivity index (χ4v) is 3.93. The minimum absolute atomic E-state index is 0.166. The number of rotatable bonds is 1. The van der Waals surface area contributed by atoms with Crippen LogP contribution < -0.4 is 11.2 Å². The second-order valence-electron chi connectivity index (χ2n) is 6.23. The first-order valence-electron chi connectivity index (χ1n) is 7.12. The van der Waals surface area contributed by atoms with E-state index in [1.54, 1.807) is 13.1 Å². The van der Waals surface area contributed by atoms with Crippen molar-refractivity contribution in [2.45, 2.75) is 57.3 Å². The first-order chi connectivity index (χ1) is 9.44. The standard InChI is InChI=1S/C14H20N2O4/c1-8-7-16(13(20)15-12(8)19)9-5-11(18)14(6-9)4-2-3-10(14)17/h7,9-11,17-18H,2-6H2,1H3,(H,15,19,20)/t9-,10+,11-,14-/m0/s1. The highest BCUT2D eigenvalue weighted by Crippen LogP contribution is 2.53. The molecule has 0 aromatic carbocycles. The molecule has 2 fully saturated rings. The second-order valence-corrected chi connectivity index (χ2v) is 6.23. The summed E-state index contributed by atoms with van der Waals surface area (Å²) in [6, 6.07) is -0.166. The van der Waals surface area contributed by atoms with Crippen molar-refractivity contribution in [3.05, 3.63) is 32.6 Å². The van der Waals surface area contributed by atoms with Crippen LogP contribution in [0.1, 0.15) is 43.7 Å². The molecule has 3 N–H and O–H groups in total. The van der Waals surface area contributed by atoms with Gasteiger partial charge in [-0.1, -0.05) is 6.42 Å². The van der Waals surface area contributed by atoms with Gasteiger partial charge in [0.2, 0.25) is 0 Å². The summed E-state index contributed by atoms with van der Waals surface area (Å²) in [5.74, 6) is 0. The summed E-state index contributed by atoms with van der Waals surface area (Å²) < 4.78 is 1.50. The van der Waals surface area contributed by atoms with Crippen molar-refractivity contribution in [1.29, 1.82) is 0 Å². The first kappa shape index (κ1) is 13.6. The Morgan fingerprint density at radius 1 is 1.35 bits per heavy atom. The van der Waals surface area contributed by atoms with Crippen molar-refractivity contribution in [2.75, 3.05) is 0 Å². The zero-order valence-electron chi connectivity index (χ0n) is 11.5. The summed E-state index contributed by atoms with van der Waals surface area (Å²) in [5, 5.41) is 20.5. The third-order valence-electron chi connectivity index (χ3n) is 5.10. The lowest BCUT2D eigenvalue weighted by Crippen LogP contribution is -2.37. The van der Waals surface area contributed by atoms with Crippen LogP contribution >= 0.6 is 0 Å². The van der Waals surface area contributed by atoms with Gasteiger partial charge in [-0.05, 0) is 32.6 Å². The SMILES string of the molecule is Cc1cn([C@H]2C[C@H](O)[C@@]3(CCC[C@H]3O)C2)c(=O)[nH]c1=O. The molecular formula is C14H20N2O4. The maximum Gasteiger partial charge on any atom is 0.328 e. The molecule has 0 radical (unpaired) electrons. The molecule has 110 valence electrons. The average molecular weight is 280 g/mol. The number of aryl methyl sites for hydroxylation is 1. The lowest BCUT2D eigenvalue weighted by molar-refractivity contribution is -0.0302. The number of H-pyrrole nitrogens is 1. The number of hydrogen-bond acceptors (Lipinski definition) is 4. The van der Waals surface area contributed by atoms with Crippen LogP contribution in [0.25, 0.3) is 0 Å². The smallest absolute Gasteiger partial charge is 0.328 e. The van der Waals surface area contributed by atoms with E-state index in [1.165, 1.54) is 4.57 Å². The van der Waals surface area contributed by atoms with Crippen LogP contribution in [0.4, 0.5) is 0 Å². The van der Waals surface area contributed by atoms with Crippen LogP contribution in [-0.2, 0) is 0 Å². The Balaban J connectivity index is 1.96. The molecule has 0 bridgehead atoms. The van der Waals surface area contributed by atoms with Crippen molar-refractivity contribution in [3.63, 3.8) is 0 Å². The van der Waals surface area contributed by atoms with Gasteiger partial charge in [-0.25, -0.2) is 4.79 Å². The van der Waals surface area contributed by atoms with Crippen molar-refractivity contribution in [1.82, 2.24) is 9.55 Å². The average Bonchev–Trinajstić information content (AvgIpc) is 2.91. The van der Waals surface area contributed by atoms with Gasteiger partial charge in [-0.15, -0.1) is 0 Å². The minimum atomic E-state index is -0.593. The molecule has 4 atom stereocenters. The van der Waals surface area contributed by atoms with E-state index in [0.717, 1.165) is 12.8 Å². The normalized spacial score (nSPS) is 36.9. The molecule has 0 saturated heterocycles. The Morgan fingerprint density at radius 2 is 2.10 bits per heavy atom. The van der Waals surface area contributed by atoms with Gasteiger partial charge >= 0.3 is 5.69 Å². The highest BCUT2D eigenvalue weighted by molar-refractivity contribution is 5.08. The second kappa shape index (κ2) is 4.56. The predicted octanol–water partition coefficient (Wildman–Crippen LogP) is 0.0720. The van der Waals surface area contributed by atoms with Gasteiger partial charge in [0.15, 0.2) is 0 Å². The van der Waals surface area contributed by atoms with E-state index >= 15 is 0 Å². The first-order valence-corrected chi connectivity index (χ1v) is 7.12. The largest absolute Gasteiger partial charge is 0.392 e. The molecule has 2 saturated carbocycles. The molecule has 20 heavy (non-hydrogen) atoms. The highest BCUT2D eigenvalue weighted by atomic mass is 16.3. The number of aliphatic hydroxyl groups is 2. The third-order valence-corrected chi connectivity index (χ3v) is 5.10. The van der Waals surface area contributed by atoms with E-state index in [0.29, 0.717) is 24.8 Å². The summed E-state index contributed by atoms with van der Waals surface area (Å²) in [7, 11) is 0. The predicted molar refractivity (Wildman–Crippen MR) is 72.6 cm³/mol. The number of nitrogens with one attached hydrogen (secondary N) is 1. The number of nitrogens with zero attached hydrogens (tertiary/aromatic N) is 1. The van der Waals surface area contributed by atoms with E-state index in [1.807, 2.05) is 0 Å². The number of aromatic amines is 1. The van der Waals surface area contributed by atoms with Gasteiger partial charge in [0.1, 0.15) is 0 Å². The Labute approximate surface area is 116 Å². The van der Waals surface area contributed by atoms with Crippen LogP contribution in [0.15, 0.2) is 15.8 Å². The van der Waals surface area contributed by atoms with Crippen molar-refractivity contribution in [2.24, 2.45) is 5.41 Å². The van der Waals surface area contributed by atoms with Gasteiger partial charge < -0.3 is 10.2 Å². The maximum absolute atomic E-state index is 11.9. The summed E-state index contributed by atoms with van der Waals surface area (Å²) in [4.78, 5) is 25.6. The molecule has 2 aliphatic carbocycles. The molecular weight excluding hydrogens is 260 g/mol. The van der Waals surface area contributed by atoms with Crippen LogP contribution in [0, 0.1) is 12.3 Å². The van der Waals surface area contributed by atoms with Crippen molar-refractivity contribution in [3.8, 4) is 0 Å².